The van der Waals surface area contributed by atoms with Gasteiger partial charge in [-0.3, -0.25) is 19.3 Å². The van der Waals surface area contributed by atoms with Gasteiger partial charge in [-0.25, -0.2) is 4.79 Å². The minimum atomic E-state index is -1.25. The molecule has 5 amide bonds. The number of piperidine rings is 1. The van der Waals surface area contributed by atoms with Crippen LogP contribution >= 0.6 is 0 Å². The van der Waals surface area contributed by atoms with E-state index < -0.39 is 28.8 Å². The number of amides is 5. The first-order valence-corrected chi connectivity index (χ1v) is 10.8. The number of urea groups is 1. The Kier molecular flexibility index (Phi) is 6.48. The standard InChI is InChI=1S/C23H32N4O5/c1-22(2,3)19(29)26-12-10-16(11-13-26)24-18(28)14-27-20(30)23(4,25-21(27)31)15-6-8-17(32-5)9-7-15/h6-9,16H,10-14H2,1-5H3,(H,24,28)(H,25,31). The number of likely N-dealkylation sites (tertiary alicyclic amines) is 1. The SMILES string of the molecule is COc1ccc(C2(C)NC(=O)N(CC(=O)NC3CCN(C(=O)C(C)(C)C)CC3)C2=O)cc1. The van der Waals surface area contributed by atoms with E-state index in [2.05, 4.69) is 10.6 Å². The van der Waals surface area contributed by atoms with E-state index in [1.54, 1.807) is 38.3 Å². The van der Waals surface area contributed by atoms with Gasteiger partial charge in [-0.2, -0.15) is 0 Å². The van der Waals surface area contributed by atoms with Crippen molar-refractivity contribution in [3.05, 3.63) is 29.8 Å². The van der Waals surface area contributed by atoms with E-state index >= 15 is 0 Å². The molecule has 174 valence electrons. The quantitative estimate of drug-likeness (QED) is 0.671. The minimum Gasteiger partial charge on any atom is -0.497 e. The van der Waals surface area contributed by atoms with Crippen LogP contribution in [0.15, 0.2) is 24.3 Å². The molecule has 2 aliphatic heterocycles. The van der Waals surface area contributed by atoms with Crippen molar-refractivity contribution in [3.8, 4) is 5.75 Å². The summed E-state index contributed by atoms with van der Waals surface area (Å²) in [7, 11) is 1.55. The largest absolute Gasteiger partial charge is 0.497 e. The number of rotatable bonds is 5. The second kappa shape index (κ2) is 8.80. The molecule has 1 unspecified atom stereocenters. The van der Waals surface area contributed by atoms with Crippen LogP contribution in [0.1, 0.15) is 46.1 Å². The fraction of sp³-hybridized carbons (Fsp3) is 0.565. The van der Waals surface area contributed by atoms with Crippen LogP contribution < -0.4 is 15.4 Å². The second-order valence-corrected chi connectivity index (χ2v) is 9.56. The smallest absolute Gasteiger partial charge is 0.325 e. The fourth-order valence-electron chi connectivity index (χ4n) is 4.08. The fourth-order valence-corrected chi connectivity index (χ4v) is 4.08. The molecule has 1 atom stereocenters. The van der Waals surface area contributed by atoms with Crippen molar-refractivity contribution in [2.45, 2.75) is 52.1 Å². The summed E-state index contributed by atoms with van der Waals surface area (Å²) in [6, 6.07) is 6.16. The number of hydrogen-bond acceptors (Lipinski definition) is 5. The van der Waals surface area contributed by atoms with Gasteiger partial charge in [0, 0.05) is 24.5 Å². The van der Waals surface area contributed by atoms with Crippen molar-refractivity contribution in [2.24, 2.45) is 5.41 Å². The third kappa shape index (κ3) is 4.71. The number of carbonyl (C=O) groups excluding carboxylic acids is 4. The van der Waals surface area contributed by atoms with Gasteiger partial charge in [0.2, 0.25) is 11.8 Å². The molecular weight excluding hydrogens is 412 g/mol. The highest BCUT2D eigenvalue weighted by Crippen LogP contribution is 2.30. The zero-order valence-electron chi connectivity index (χ0n) is 19.4. The minimum absolute atomic E-state index is 0.0967. The van der Waals surface area contributed by atoms with E-state index in [1.807, 2.05) is 25.7 Å². The highest BCUT2D eigenvalue weighted by molar-refractivity contribution is 6.09. The number of ether oxygens (including phenoxy) is 1. The molecule has 0 aromatic heterocycles. The zero-order chi connectivity index (χ0) is 23.7. The zero-order valence-corrected chi connectivity index (χ0v) is 19.4. The van der Waals surface area contributed by atoms with Gasteiger partial charge in [0.05, 0.1) is 7.11 Å². The Labute approximate surface area is 188 Å². The average Bonchev–Trinajstić information content (AvgIpc) is 2.97. The van der Waals surface area contributed by atoms with Gasteiger partial charge >= 0.3 is 6.03 Å². The van der Waals surface area contributed by atoms with E-state index in [9.17, 15) is 19.2 Å². The van der Waals surface area contributed by atoms with Gasteiger partial charge in [0.15, 0.2) is 0 Å². The molecule has 2 fully saturated rings. The van der Waals surface area contributed by atoms with Gasteiger partial charge in [0.1, 0.15) is 17.8 Å². The third-order valence-electron chi connectivity index (χ3n) is 6.03. The van der Waals surface area contributed by atoms with Crippen LogP contribution in [0, 0.1) is 5.41 Å². The van der Waals surface area contributed by atoms with Crippen LogP contribution in [0.2, 0.25) is 0 Å². The molecule has 1 aromatic rings. The number of hydrogen-bond donors (Lipinski definition) is 2. The lowest BCUT2D eigenvalue weighted by molar-refractivity contribution is -0.141. The topological polar surface area (TPSA) is 108 Å². The van der Waals surface area contributed by atoms with Crippen molar-refractivity contribution in [1.82, 2.24) is 20.4 Å². The Balaban J connectivity index is 1.57. The maximum atomic E-state index is 13.0. The summed E-state index contributed by atoms with van der Waals surface area (Å²) in [4.78, 5) is 53.3. The molecule has 2 aliphatic rings. The maximum Gasteiger partial charge on any atom is 0.325 e. The summed E-state index contributed by atoms with van der Waals surface area (Å²) in [5.74, 6) is -0.137. The molecule has 3 rings (SSSR count). The van der Waals surface area contributed by atoms with Crippen LogP contribution in [0.5, 0.6) is 5.75 Å². The van der Waals surface area contributed by atoms with Crippen molar-refractivity contribution < 1.29 is 23.9 Å². The van der Waals surface area contributed by atoms with E-state index in [0.29, 0.717) is 37.2 Å². The first kappa shape index (κ1) is 23.6. The highest BCUT2D eigenvalue weighted by atomic mass is 16.5. The number of nitrogens with one attached hydrogen (secondary N) is 2. The molecule has 0 bridgehead atoms. The summed E-state index contributed by atoms with van der Waals surface area (Å²) in [6.07, 6.45) is 1.27. The Morgan fingerprint density at radius 1 is 1.16 bits per heavy atom. The molecule has 1 aromatic carbocycles. The van der Waals surface area contributed by atoms with E-state index in [1.165, 1.54) is 0 Å². The Hall–Kier alpha value is -3.10. The molecule has 9 heteroatoms. The third-order valence-corrected chi connectivity index (χ3v) is 6.03. The lowest BCUT2D eigenvalue weighted by atomic mass is 9.92. The number of benzene rings is 1. The van der Waals surface area contributed by atoms with Crippen molar-refractivity contribution in [2.75, 3.05) is 26.7 Å². The number of imide groups is 1. The predicted molar refractivity (Wildman–Crippen MR) is 118 cm³/mol. The van der Waals surface area contributed by atoms with Crippen molar-refractivity contribution in [3.63, 3.8) is 0 Å². The summed E-state index contributed by atoms with van der Waals surface area (Å²) in [5, 5.41) is 5.60. The monoisotopic (exact) mass is 444 g/mol. The van der Waals surface area contributed by atoms with Gasteiger partial charge in [-0.15, -0.1) is 0 Å². The highest BCUT2D eigenvalue weighted by Gasteiger charge is 2.49. The lowest BCUT2D eigenvalue weighted by Gasteiger charge is -2.36. The van der Waals surface area contributed by atoms with E-state index in [4.69, 9.17) is 4.74 Å². The average molecular weight is 445 g/mol. The van der Waals surface area contributed by atoms with Crippen LogP contribution in [-0.4, -0.2) is 66.3 Å². The van der Waals surface area contributed by atoms with Crippen LogP contribution in [0.25, 0.3) is 0 Å². The Morgan fingerprint density at radius 2 is 1.75 bits per heavy atom. The first-order chi connectivity index (χ1) is 15.0. The Morgan fingerprint density at radius 3 is 2.28 bits per heavy atom. The maximum absolute atomic E-state index is 13.0. The molecule has 0 radical (unpaired) electrons. The van der Waals surface area contributed by atoms with E-state index in [-0.39, 0.29) is 18.5 Å². The summed E-state index contributed by atoms with van der Waals surface area (Å²) < 4.78 is 5.14. The summed E-state index contributed by atoms with van der Waals surface area (Å²) in [5.41, 5.74) is -1.08. The predicted octanol–water partition coefficient (Wildman–Crippen LogP) is 1.62. The molecule has 32 heavy (non-hydrogen) atoms. The molecular formula is C23H32N4O5. The molecule has 2 saturated heterocycles. The van der Waals surface area contributed by atoms with Crippen LogP contribution in [0.3, 0.4) is 0 Å². The van der Waals surface area contributed by atoms with Gasteiger partial charge < -0.3 is 20.3 Å². The normalized spacial score (nSPS) is 22.0. The van der Waals surface area contributed by atoms with E-state index in [0.717, 1.165) is 4.90 Å². The first-order valence-electron chi connectivity index (χ1n) is 10.8. The van der Waals surface area contributed by atoms with Crippen molar-refractivity contribution in [1.29, 1.82) is 0 Å². The molecule has 9 nitrogen and oxygen atoms in total. The van der Waals surface area contributed by atoms with Gasteiger partial charge in [0.25, 0.3) is 5.91 Å². The lowest BCUT2D eigenvalue weighted by Crippen LogP contribution is -2.51. The second-order valence-electron chi connectivity index (χ2n) is 9.56. The molecule has 2 N–H and O–H groups in total. The number of carbonyl (C=O) groups is 4. The number of methoxy groups -OCH3 is 1. The van der Waals surface area contributed by atoms with Crippen LogP contribution in [0.4, 0.5) is 4.79 Å². The number of nitrogens with zero attached hydrogens (tertiary/aromatic N) is 2. The molecule has 0 spiro atoms. The van der Waals surface area contributed by atoms with Gasteiger partial charge in [-0.05, 0) is 37.5 Å². The van der Waals surface area contributed by atoms with Crippen LogP contribution in [-0.2, 0) is 19.9 Å². The van der Waals surface area contributed by atoms with Crippen molar-refractivity contribution >= 4 is 23.8 Å². The van der Waals surface area contributed by atoms with Gasteiger partial charge in [-0.1, -0.05) is 32.9 Å². The molecule has 2 heterocycles. The molecule has 0 saturated carbocycles. The summed E-state index contributed by atoms with van der Waals surface area (Å²) >= 11 is 0. The summed E-state index contributed by atoms with van der Waals surface area (Å²) in [6.45, 7) is 8.08. The molecule has 0 aliphatic carbocycles. The Bertz CT molecular complexity index is 900.